The highest BCUT2D eigenvalue weighted by atomic mass is 31.2. The van der Waals surface area contributed by atoms with Crippen molar-refractivity contribution >= 4 is 15.6 Å². The summed E-state index contributed by atoms with van der Waals surface area (Å²) in [5, 5.41) is 12.9. The molecule has 1 atom stereocenters. The smallest absolute Gasteiger partial charge is 0.469 e. The van der Waals surface area contributed by atoms with Crippen LogP contribution in [0.4, 0.5) is 0 Å². The lowest BCUT2D eigenvalue weighted by atomic mass is 10.1. The lowest BCUT2D eigenvalue weighted by Crippen LogP contribution is -2.26. The Kier molecular flexibility index (Phi) is 7.48. The number of phosphoric ester groups is 2. The van der Waals surface area contributed by atoms with Crippen molar-refractivity contribution < 1.29 is 42.9 Å². The summed E-state index contributed by atoms with van der Waals surface area (Å²) in [6.45, 7) is 2.64. The minimum atomic E-state index is -4.68. The average Bonchev–Trinajstić information content (AvgIpc) is 2.39. The second kappa shape index (κ2) is 8.48. The van der Waals surface area contributed by atoms with Gasteiger partial charge in [-0.1, -0.05) is 0 Å². The van der Waals surface area contributed by atoms with E-state index in [4.69, 9.17) is 19.6 Å². The van der Waals surface area contributed by atoms with Crippen molar-refractivity contribution in [3.8, 4) is 5.75 Å². The van der Waals surface area contributed by atoms with E-state index in [1.54, 1.807) is 6.92 Å². The van der Waals surface area contributed by atoms with Crippen LogP contribution in [0.25, 0.3) is 0 Å². The fourth-order valence-electron chi connectivity index (χ4n) is 1.83. The molecule has 0 radical (unpaired) electrons. The summed E-state index contributed by atoms with van der Waals surface area (Å²) in [6, 6.07) is 0. The zero-order valence-electron chi connectivity index (χ0n) is 13.0. The lowest BCUT2D eigenvalue weighted by Gasteiger charge is -2.17. The number of nitrogens with one attached hydrogen (secondary N) is 1. The predicted octanol–water partition coefficient (Wildman–Crippen LogP) is 0.292. The third kappa shape index (κ3) is 7.80. The molecular weight excluding hydrogens is 366 g/mol. The van der Waals surface area contributed by atoms with E-state index in [-0.39, 0.29) is 24.4 Å². The predicted molar refractivity (Wildman–Crippen MR) is 81.8 cm³/mol. The van der Waals surface area contributed by atoms with Crippen molar-refractivity contribution in [3.63, 3.8) is 0 Å². The summed E-state index contributed by atoms with van der Waals surface area (Å²) in [6.07, 6.45) is 0.516. The Bertz CT molecular complexity index is 657. The van der Waals surface area contributed by atoms with Crippen molar-refractivity contribution in [2.45, 2.75) is 33.1 Å². The van der Waals surface area contributed by atoms with Gasteiger partial charge in [0.2, 0.25) is 0 Å². The molecule has 0 amide bonds. The summed E-state index contributed by atoms with van der Waals surface area (Å²) < 4.78 is 30.4. The van der Waals surface area contributed by atoms with Crippen molar-refractivity contribution in [3.05, 3.63) is 23.0 Å². The number of aryl methyl sites for hydroxylation is 1. The molecule has 0 aromatic carbocycles. The Balaban J connectivity index is 2.76. The molecule has 1 heterocycles. The largest absolute Gasteiger partial charge is 0.506 e. The van der Waals surface area contributed by atoms with Crippen LogP contribution in [0, 0.1) is 6.92 Å². The van der Waals surface area contributed by atoms with Gasteiger partial charge >= 0.3 is 15.6 Å². The fourth-order valence-corrected chi connectivity index (χ4v) is 2.68. The Morgan fingerprint density at radius 2 is 1.88 bits per heavy atom. The SMILES string of the molecule is Cc1ncc(COP(=O)(O)O)c(CNC[C@@H](C)OP(=O)(O)O)c1O. The molecule has 0 saturated carbocycles. The number of phosphoric acid groups is 2. The van der Waals surface area contributed by atoms with E-state index in [1.165, 1.54) is 13.1 Å². The number of aromatic hydroxyl groups is 1. The quantitative estimate of drug-likeness (QED) is 0.321. The number of pyridine rings is 1. The number of hydrogen-bond donors (Lipinski definition) is 6. The Morgan fingerprint density at radius 1 is 1.25 bits per heavy atom. The van der Waals surface area contributed by atoms with E-state index in [9.17, 15) is 14.2 Å². The zero-order chi connectivity index (χ0) is 18.5. The maximum absolute atomic E-state index is 10.8. The first-order valence-corrected chi connectivity index (χ1v) is 9.76. The zero-order valence-corrected chi connectivity index (χ0v) is 14.8. The van der Waals surface area contributed by atoms with E-state index in [2.05, 4.69) is 19.3 Å². The fraction of sp³-hybridized carbons (Fsp3) is 0.545. The Morgan fingerprint density at radius 3 is 2.42 bits per heavy atom. The van der Waals surface area contributed by atoms with Crippen LogP contribution < -0.4 is 5.32 Å². The van der Waals surface area contributed by atoms with E-state index in [0.29, 0.717) is 11.3 Å². The van der Waals surface area contributed by atoms with Crippen LogP contribution in [0.1, 0.15) is 23.7 Å². The molecule has 6 N–H and O–H groups in total. The molecule has 138 valence electrons. The summed E-state index contributed by atoms with van der Waals surface area (Å²) in [7, 11) is -9.28. The van der Waals surface area contributed by atoms with Gasteiger partial charge in [0.05, 0.1) is 18.4 Å². The van der Waals surface area contributed by atoms with Crippen LogP contribution in [-0.4, -0.2) is 42.3 Å². The standard InChI is InChI=1S/C11H20N2O9P2/c1-7(22-24(18,19)20)3-12-5-10-9(6-21-23(15,16)17)4-13-8(2)11(10)14/h4,7,12,14H,3,5-6H2,1-2H3,(H2,15,16,17)(H2,18,19,20)/t7-/m1/s1. The highest BCUT2D eigenvalue weighted by molar-refractivity contribution is 7.46. The molecule has 0 aliphatic rings. The number of hydrogen-bond acceptors (Lipinski definition) is 7. The maximum Gasteiger partial charge on any atom is 0.469 e. The average molecular weight is 386 g/mol. The van der Waals surface area contributed by atoms with Crippen molar-refractivity contribution in [2.75, 3.05) is 6.54 Å². The van der Waals surface area contributed by atoms with Crippen LogP contribution in [-0.2, 0) is 31.3 Å². The molecule has 0 aliphatic carbocycles. The van der Waals surface area contributed by atoms with Crippen LogP contribution in [0.15, 0.2) is 6.20 Å². The minimum absolute atomic E-state index is 0.0455. The molecule has 1 rings (SSSR count). The monoisotopic (exact) mass is 386 g/mol. The highest BCUT2D eigenvalue weighted by Crippen LogP contribution is 2.38. The van der Waals surface area contributed by atoms with Crippen LogP contribution >= 0.6 is 15.6 Å². The number of nitrogens with zero attached hydrogens (tertiary/aromatic N) is 1. The first-order valence-electron chi connectivity index (χ1n) is 6.70. The van der Waals surface area contributed by atoms with Crippen molar-refractivity contribution in [1.82, 2.24) is 10.3 Å². The second-order valence-electron chi connectivity index (χ2n) is 5.00. The van der Waals surface area contributed by atoms with Gasteiger partial charge in [0.1, 0.15) is 5.75 Å². The van der Waals surface area contributed by atoms with Crippen molar-refractivity contribution in [2.24, 2.45) is 0 Å². The lowest BCUT2D eigenvalue weighted by molar-refractivity contribution is 0.143. The molecular formula is C11H20N2O9P2. The maximum atomic E-state index is 10.8. The molecule has 0 fully saturated rings. The van der Waals surface area contributed by atoms with E-state index in [1.807, 2.05) is 0 Å². The minimum Gasteiger partial charge on any atom is -0.506 e. The molecule has 0 saturated heterocycles. The van der Waals surface area contributed by atoms with E-state index >= 15 is 0 Å². The third-order valence-corrected chi connectivity index (χ3v) is 3.97. The molecule has 11 nitrogen and oxygen atoms in total. The molecule has 24 heavy (non-hydrogen) atoms. The first kappa shape index (κ1) is 21.2. The normalized spacial score (nSPS) is 13.9. The molecule has 1 aromatic heterocycles. The summed E-state index contributed by atoms with van der Waals surface area (Å²) in [5.74, 6) is -0.169. The van der Waals surface area contributed by atoms with Gasteiger partial charge in [0.15, 0.2) is 0 Å². The van der Waals surface area contributed by atoms with Gasteiger partial charge in [-0.05, 0) is 13.8 Å². The van der Waals surface area contributed by atoms with Gasteiger partial charge in [0, 0.05) is 30.4 Å². The van der Waals surface area contributed by atoms with Gasteiger partial charge in [-0.25, -0.2) is 9.13 Å². The number of rotatable bonds is 9. The van der Waals surface area contributed by atoms with E-state index in [0.717, 1.165) is 0 Å². The summed E-state index contributed by atoms with van der Waals surface area (Å²) in [5.41, 5.74) is 0.878. The van der Waals surface area contributed by atoms with Crippen LogP contribution in [0.5, 0.6) is 5.75 Å². The van der Waals surface area contributed by atoms with Gasteiger partial charge in [0.25, 0.3) is 0 Å². The van der Waals surface area contributed by atoms with Crippen LogP contribution in [0.3, 0.4) is 0 Å². The molecule has 0 aliphatic heterocycles. The van der Waals surface area contributed by atoms with E-state index < -0.39 is 28.4 Å². The van der Waals surface area contributed by atoms with Gasteiger partial charge < -0.3 is 30.0 Å². The summed E-state index contributed by atoms with van der Waals surface area (Å²) in [4.78, 5) is 38.8. The second-order valence-corrected chi connectivity index (χ2v) is 7.43. The van der Waals surface area contributed by atoms with Crippen LogP contribution in [0.2, 0.25) is 0 Å². The first-order chi connectivity index (χ1) is 10.9. The van der Waals surface area contributed by atoms with Gasteiger partial charge in [-0.15, -0.1) is 0 Å². The third-order valence-electron chi connectivity index (χ3n) is 2.87. The molecule has 0 spiro atoms. The Hall–Kier alpha value is -0.870. The highest BCUT2D eigenvalue weighted by Gasteiger charge is 2.20. The molecule has 13 heteroatoms. The summed E-state index contributed by atoms with van der Waals surface area (Å²) >= 11 is 0. The Labute approximate surface area is 138 Å². The van der Waals surface area contributed by atoms with Gasteiger partial charge in [-0.3, -0.25) is 14.0 Å². The number of aromatic nitrogens is 1. The molecule has 0 unspecified atom stereocenters. The molecule has 0 bridgehead atoms. The van der Waals surface area contributed by atoms with Crippen molar-refractivity contribution in [1.29, 1.82) is 0 Å². The topological polar surface area (TPSA) is 179 Å². The van der Waals surface area contributed by atoms with Gasteiger partial charge in [-0.2, -0.15) is 0 Å². The molecule has 1 aromatic rings.